The SMILES string of the molecule is Cc1cn(C)c(C2CCCN(C(=O)CCc3cccs3)C2)n1. The molecule has 22 heavy (non-hydrogen) atoms. The number of aryl methyl sites for hydroxylation is 3. The Hall–Kier alpha value is -1.62. The zero-order valence-electron chi connectivity index (χ0n) is 13.3. The summed E-state index contributed by atoms with van der Waals surface area (Å²) in [6, 6.07) is 4.15. The second-order valence-electron chi connectivity index (χ2n) is 6.11. The van der Waals surface area contributed by atoms with Crippen molar-refractivity contribution in [2.45, 2.75) is 38.5 Å². The summed E-state index contributed by atoms with van der Waals surface area (Å²) in [6.07, 6.45) is 5.74. The molecule has 1 saturated heterocycles. The van der Waals surface area contributed by atoms with E-state index in [0.29, 0.717) is 12.3 Å². The van der Waals surface area contributed by atoms with Gasteiger partial charge in [0.15, 0.2) is 0 Å². The van der Waals surface area contributed by atoms with E-state index in [9.17, 15) is 4.79 Å². The molecule has 118 valence electrons. The smallest absolute Gasteiger partial charge is 0.222 e. The minimum absolute atomic E-state index is 0.282. The molecule has 0 saturated carbocycles. The number of likely N-dealkylation sites (tertiary alicyclic amines) is 1. The Balaban J connectivity index is 1.60. The quantitative estimate of drug-likeness (QED) is 0.869. The molecule has 3 heterocycles. The maximum absolute atomic E-state index is 12.5. The van der Waals surface area contributed by atoms with Gasteiger partial charge in [-0.1, -0.05) is 6.07 Å². The Kier molecular flexibility index (Phi) is 4.62. The molecule has 0 aliphatic carbocycles. The molecule has 2 aromatic rings. The number of carbonyl (C=O) groups is 1. The summed E-state index contributed by atoms with van der Waals surface area (Å²) >= 11 is 1.73. The van der Waals surface area contributed by atoms with Crippen LogP contribution in [-0.2, 0) is 18.3 Å². The summed E-state index contributed by atoms with van der Waals surface area (Å²) in [7, 11) is 2.05. The van der Waals surface area contributed by atoms with E-state index < -0.39 is 0 Å². The van der Waals surface area contributed by atoms with E-state index in [2.05, 4.69) is 27.2 Å². The van der Waals surface area contributed by atoms with Crippen molar-refractivity contribution in [3.05, 3.63) is 40.1 Å². The van der Waals surface area contributed by atoms with Gasteiger partial charge < -0.3 is 9.47 Å². The van der Waals surface area contributed by atoms with Crippen LogP contribution in [0, 0.1) is 6.92 Å². The molecule has 1 amide bonds. The van der Waals surface area contributed by atoms with Gasteiger partial charge in [-0.15, -0.1) is 11.3 Å². The predicted octanol–water partition coefficient (Wildman–Crippen LogP) is 3.13. The second kappa shape index (κ2) is 6.65. The molecule has 0 radical (unpaired) electrons. The van der Waals surface area contributed by atoms with Crippen molar-refractivity contribution in [2.75, 3.05) is 13.1 Å². The molecule has 3 rings (SSSR count). The summed E-state index contributed by atoms with van der Waals surface area (Å²) in [6.45, 7) is 3.73. The zero-order chi connectivity index (χ0) is 15.5. The molecule has 1 fully saturated rings. The fourth-order valence-electron chi connectivity index (χ4n) is 3.27. The van der Waals surface area contributed by atoms with Crippen molar-refractivity contribution in [3.8, 4) is 0 Å². The van der Waals surface area contributed by atoms with Gasteiger partial charge in [-0.2, -0.15) is 0 Å². The first-order chi connectivity index (χ1) is 10.6. The Morgan fingerprint density at radius 1 is 1.50 bits per heavy atom. The van der Waals surface area contributed by atoms with Crippen LogP contribution in [0.2, 0.25) is 0 Å². The van der Waals surface area contributed by atoms with Crippen LogP contribution in [0.15, 0.2) is 23.7 Å². The van der Waals surface area contributed by atoms with Crippen molar-refractivity contribution < 1.29 is 4.79 Å². The molecular formula is C17H23N3OS. The highest BCUT2D eigenvalue weighted by Crippen LogP contribution is 2.26. The molecule has 1 unspecified atom stereocenters. The number of nitrogens with zero attached hydrogens (tertiary/aromatic N) is 3. The number of imidazole rings is 1. The van der Waals surface area contributed by atoms with Crippen molar-refractivity contribution in [2.24, 2.45) is 7.05 Å². The Labute approximate surface area is 135 Å². The Bertz CT molecular complexity index is 632. The fourth-order valence-corrected chi connectivity index (χ4v) is 3.98. The number of amides is 1. The minimum Gasteiger partial charge on any atom is -0.342 e. The van der Waals surface area contributed by atoms with E-state index in [1.165, 1.54) is 4.88 Å². The van der Waals surface area contributed by atoms with E-state index in [1.54, 1.807) is 11.3 Å². The van der Waals surface area contributed by atoms with E-state index in [-0.39, 0.29) is 5.91 Å². The van der Waals surface area contributed by atoms with Gasteiger partial charge in [-0.05, 0) is 37.6 Å². The molecule has 0 aromatic carbocycles. The number of thiophene rings is 1. The van der Waals surface area contributed by atoms with Crippen LogP contribution in [0.1, 0.15) is 41.6 Å². The monoisotopic (exact) mass is 317 g/mol. The molecule has 5 heteroatoms. The van der Waals surface area contributed by atoms with Gasteiger partial charge >= 0.3 is 0 Å². The van der Waals surface area contributed by atoms with Gasteiger partial charge in [-0.25, -0.2) is 4.98 Å². The van der Waals surface area contributed by atoms with Crippen molar-refractivity contribution in [1.82, 2.24) is 14.5 Å². The fraction of sp³-hybridized carbons (Fsp3) is 0.529. The minimum atomic E-state index is 0.282. The lowest BCUT2D eigenvalue weighted by Crippen LogP contribution is -2.39. The third kappa shape index (κ3) is 3.40. The van der Waals surface area contributed by atoms with Crippen LogP contribution in [-0.4, -0.2) is 33.4 Å². The number of hydrogen-bond donors (Lipinski definition) is 0. The molecular weight excluding hydrogens is 294 g/mol. The number of rotatable bonds is 4. The molecule has 0 bridgehead atoms. The lowest BCUT2D eigenvalue weighted by molar-refractivity contribution is -0.132. The van der Waals surface area contributed by atoms with Gasteiger partial charge in [0, 0.05) is 43.5 Å². The number of hydrogen-bond acceptors (Lipinski definition) is 3. The number of piperidine rings is 1. The normalized spacial score (nSPS) is 18.6. The second-order valence-corrected chi connectivity index (χ2v) is 7.14. The molecule has 2 aromatic heterocycles. The summed E-state index contributed by atoms with van der Waals surface area (Å²) in [5.41, 5.74) is 1.05. The molecule has 1 aliphatic heterocycles. The van der Waals surface area contributed by atoms with Crippen LogP contribution in [0.3, 0.4) is 0 Å². The first kappa shape index (κ1) is 15.3. The lowest BCUT2D eigenvalue weighted by Gasteiger charge is -2.32. The highest BCUT2D eigenvalue weighted by atomic mass is 32.1. The topological polar surface area (TPSA) is 38.1 Å². The van der Waals surface area contributed by atoms with Crippen LogP contribution < -0.4 is 0 Å². The van der Waals surface area contributed by atoms with Crippen molar-refractivity contribution >= 4 is 17.2 Å². The van der Waals surface area contributed by atoms with Gasteiger partial charge in [-0.3, -0.25) is 4.79 Å². The summed E-state index contributed by atoms with van der Waals surface area (Å²) < 4.78 is 2.11. The highest BCUT2D eigenvalue weighted by molar-refractivity contribution is 7.09. The Morgan fingerprint density at radius 3 is 3.05 bits per heavy atom. The maximum atomic E-state index is 12.5. The lowest BCUT2D eigenvalue weighted by atomic mass is 9.96. The van der Waals surface area contributed by atoms with Crippen molar-refractivity contribution in [1.29, 1.82) is 0 Å². The average Bonchev–Trinajstić information content (AvgIpc) is 3.14. The number of aromatic nitrogens is 2. The Morgan fingerprint density at radius 2 is 2.36 bits per heavy atom. The largest absolute Gasteiger partial charge is 0.342 e. The first-order valence-electron chi connectivity index (χ1n) is 7.93. The highest BCUT2D eigenvalue weighted by Gasteiger charge is 2.27. The molecule has 1 atom stereocenters. The molecule has 4 nitrogen and oxygen atoms in total. The zero-order valence-corrected chi connectivity index (χ0v) is 14.1. The molecule has 0 N–H and O–H groups in total. The van der Waals surface area contributed by atoms with Crippen LogP contribution in [0.4, 0.5) is 0 Å². The first-order valence-corrected chi connectivity index (χ1v) is 8.81. The van der Waals surface area contributed by atoms with Crippen LogP contribution >= 0.6 is 11.3 Å². The average molecular weight is 317 g/mol. The van der Waals surface area contributed by atoms with Gasteiger partial charge in [0.2, 0.25) is 5.91 Å². The van der Waals surface area contributed by atoms with E-state index in [4.69, 9.17) is 0 Å². The van der Waals surface area contributed by atoms with E-state index >= 15 is 0 Å². The number of carbonyl (C=O) groups excluding carboxylic acids is 1. The third-order valence-electron chi connectivity index (χ3n) is 4.34. The molecule has 1 aliphatic rings. The van der Waals surface area contributed by atoms with E-state index in [0.717, 1.165) is 43.9 Å². The van der Waals surface area contributed by atoms with Crippen LogP contribution in [0.5, 0.6) is 0 Å². The van der Waals surface area contributed by atoms with Gasteiger partial charge in [0.1, 0.15) is 5.82 Å². The van der Waals surface area contributed by atoms with Gasteiger partial charge in [0.05, 0.1) is 5.69 Å². The van der Waals surface area contributed by atoms with Crippen molar-refractivity contribution in [3.63, 3.8) is 0 Å². The third-order valence-corrected chi connectivity index (χ3v) is 5.27. The van der Waals surface area contributed by atoms with Crippen LogP contribution in [0.25, 0.3) is 0 Å². The summed E-state index contributed by atoms with van der Waals surface area (Å²) in [4.78, 5) is 20.4. The standard InChI is InChI=1S/C17H23N3OS/c1-13-11-19(2)17(18-13)14-5-3-9-20(12-14)16(21)8-7-15-6-4-10-22-15/h4,6,10-11,14H,3,5,7-9,12H2,1-2H3. The van der Waals surface area contributed by atoms with Gasteiger partial charge in [0.25, 0.3) is 0 Å². The maximum Gasteiger partial charge on any atom is 0.222 e. The van der Waals surface area contributed by atoms with E-state index in [1.807, 2.05) is 24.9 Å². The summed E-state index contributed by atoms with van der Waals surface area (Å²) in [5, 5.41) is 2.07. The predicted molar refractivity (Wildman–Crippen MR) is 89.1 cm³/mol. The molecule has 0 spiro atoms. The summed E-state index contributed by atoms with van der Waals surface area (Å²) in [5.74, 6) is 1.77.